The van der Waals surface area contributed by atoms with Gasteiger partial charge in [0.2, 0.25) is 0 Å². The van der Waals surface area contributed by atoms with Crippen LogP contribution in [0.2, 0.25) is 0 Å². The number of pyridine rings is 1. The van der Waals surface area contributed by atoms with Gasteiger partial charge in [0.1, 0.15) is 0 Å². The number of nitrogens with one attached hydrogen (secondary N) is 1. The summed E-state index contributed by atoms with van der Waals surface area (Å²) in [4.78, 5) is 26.0. The molecule has 0 bridgehead atoms. The van der Waals surface area contributed by atoms with E-state index in [1.807, 2.05) is 24.3 Å². The lowest BCUT2D eigenvalue weighted by Crippen LogP contribution is -2.05. The zero-order valence-corrected chi connectivity index (χ0v) is 13.8. The van der Waals surface area contributed by atoms with Gasteiger partial charge in [-0.15, -0.1) is 0 Å². The van der Waals surface area contributed by atoms with Crippen molar-refractivity contribution in [3.8, 4) is 0 Å². The topological polar surface area (TPSA) is 59.2 Å². The van der Waals surface area contributed by atoms with E-state index in [1.54, 1.807) is 6.07 Å². The first kappa shape index (κ1) is 17.3. The molecule has 0 saturated heterocycles. The van der Waals surface area contributed by atoms with Gasteiger partial charge in [-0.3, -0.25) is 9.59 Å². The molecule has 1 N–H and O–H groups in total. The molecule has 0 aliphatic heterocycles. The van der Waals surface area contributed by atoms with Gasteiger partial charge >= 0.3 is 5.97 Å². The van der Waals surface area contributed by atoms with E-state index in [1.165, 1.54) is 13.3 Å². The molecule has 1 aromatic carbocycles. The minimum atomic E-state index is -0.200. The molecular formula is C19H25NO3. The van der Waals surface area contributed by atoms with Crippen LogP contribution in [0.25, 0.3) is 10.9 Å². The number of fused-ring (bicyclic) bond motifs is 1. The Kier molecular flexibility index (Phi) is 6.85. The summed E-state index contributed by atoms with van der Waals surface area (Å²) in [6.45, 7) is 1.98. The summed E-state index contributed by atoms with van der Waals surface area (Å²) in [7, 11) is 0. The SMILES string of the molecule is CC(=O)OCCCCCCCCc1cc(=O)c2ccccc2[nH]1. The van der Waals surface area contributed by atoms with E-state index >= 15 is 0 Å². The highest BCUT2D eigenvalue weighted by Gasteiger charge is 2.01. The van der Waals surface area contributed by atoms with Gasteiger partial charge in [0.25, 0.3) is 0 Å². The molecule has 1 aromatic heterocycles. The number of H-pyrrole nitrogens is 1. The van der Waals surface area contributed by atoms with E-state index in [2.05, 4.69) is 4.98 Å². The first-order valence-corrected chi connectivity index (χ1v) is 8.41. The minimum Gasteiger partial charge on any atom is -0.466 e. The number of benzene rings is 1. The molecule has 124 valence electrons. The quantitative estimate of drug-likeness (QED) is 0.562. The molecule has 0 aliphatic carbocycles. The number of aromatic amines is 1. The highest BCUT2D eigenvalue weighted by atomic mass is 16.5. The number of esters is 1. The first-order chi connectivity index (χ1) is 11.2. The molecule has 4 nitrogen and oxygen atoms in total. The van der Waals surface area contributed by atoms with Gasteiger partial charge in [-0.2, -0.15) is 0 Å². The monoisotopic (exact) mass is 315 g/mol. The number of hydrogen-bond donors (Lipinski definition) is 1. The van der Waals surface area contributed by atoms with Crippen LogP contribution in [0.1, 0.15) is 51.1 Å². The summed E-state index contributed by atoms with van der Waals surface area (Å²) < 4.78 is 4.90. The fraction of sp³-hybridized carbons (Fsp3) is 0.474. The second-order valence-electron chi connectivity index (χ2n) is 5.92. The molecule has 23 heavy (non-hydrogen) atoms. The first-order valence-electron chi connectivity index (χ1n) is 8.41. The number of carbonyl (C=O) groups excluding carboxylic acids is 1. The van der Waals surface area contributed by atoms with Crippen LogP contribution in [0.3, 0.4) is 0 Å². The van der Waals surface area contributed by atoms with Crippen molar-refractivity contribution in [3.05, 3.63) is 46.2 Å². The van der Waals surface area contributed by atoms with E-state index in [9.17, 15) is 9.59 Å². The van der Waals surface area contributed by atoms with Gasteiger partial charge in [0.15, 0.2) is 5.43 Å². The highest BCUT2D eigenvalue weighted by molar-refractivity contribution is 5.78. The Labute approximate surface area is 136 Å². The number of ether oxygens (including phenoxy) is 1. The number of carbonyl (C=O) groups is 1. The minimum absolute atomic E-state index is 0.0971. The van der Waals surface area contributed by atoms with Crippen molar-refractivity contribution in [3.63, 3.8) is 0 Å². The summed E-state index contributed by atoms with van der Waals surface area (Å²) in [5.41, 5.74) is 2.03. The van der Waals surface area contributed by atoms with Crippen molar-refractivity contribution >= 4 is 16.9 Å². The molecular weight excluding hydrogens is 290 g/mol. The lowest BCUT2D eigenvalue weighted by atomic mass is 10.1. The third-order valence-electron chi connectivity index (χ3n) is 3.94. The zero-order valence-electron chi connectivity index (χ0n) is 13.8. The Balaban J connectivity index is 1.65. The molecule has 0 aliphatic rings. The van der Waals surface area contributed by atoms with E-state index in [0.717, 1.165) is 55.1 Å². The summed E-state index contributed by atoms with van der Waals surface area (Å²) in [5.74, 6) is -0.200. The second-order valence-corrected chi connectivity index (χ2v) is 5.92. The molecule has 0 fully saturated rings. The Bertz CT molecular complexity index is 690. The van der Waals surface area contributed by atoms with Crippen LogP contribution >= 0.6 is 0 Å². The van der Waals surface area contributed by atoms with Crippen molar-refractivity contribution in [1.29, 1.82) is 0 Å². The maximum Gasteiger partial charge on any atom is 0.302 e. The number of aromatic nitrogens is 1. The molecule has 0 saturated carbocycles. The van der Waals surface area contributed by atoms with Crippen molar-refractivity contribution in [2.45, 2.75) is 51.9 Å². The fourth-order valence-corrected chi connectivity index (χ4v) is 2.73. The van der Waals surface area contributed by atoms with E-state index in [0.29, 0.717) is 6.61 Å². The maximum atomic E-state index is 12.0. The van der Waals surface area contributed by atoms with Crippen LogP contribution < -0.4 is 5.43 Å². The van der Waals surface area contributed by atoms with E-state index in [-0.39, 0.29) is 11.4 Å². The zero-order chi connectivity index (χ0) is 16.5. The van der Waals surface area contributed by atoms with Gasteiger partial charge in [0, 0.05) is 29.6 Å². The summed E-state index contributed by atoms with van der Waals surface area (Å²) >= 11 is 0. The molecule has 0 atom stereocenters. The molecule has 0 spiro atoms. The Morgan fingerprint density at radius 1 is 1.04 bits per heavy atom. The Hall–Kier alpha value is -2.10. The molecule has 2 aromatic rings. The van der Waals surface area contributed by atoms with Gasteiger partial charge in [-0.1, -0.05) is 37.8 Å². The molecule has 4 heteroatoms. The van der Waals surface area contributed by atoms with Crippen molar-refractivity contribution < 1.29 is 9.53 Å². The fourth-order valence-electron chi connectivity index (χ4n) is 2.73. The average molecular weight is 315 g/mol. The summed E-state index contributed by atoms with van der Waals surface area (Å²) in [6.07, 6.45) is 7.53. The predicted octanol–water partition coefficient (Wildman–Crippen LogP) is 3.97. The van der Waals surface area contributed by atoms with Gasteiger partial charge in [-0.05, 0) is 31.4 Å². The van der Waals surface area contributed by atoms with Crippen LogP contribution in [0, 0.1) is 0 Å². The van der Waals surface area contributed by atoms with Crippen LogP contribution in [0.15, 0.2) is 35.1 Å². The van der Waals surface area contributed by atoms with Gasteiger partial charge in [-0.25, -0.2) is 0 Å². The second kappa shape index (κ2) is 9.13. The summed E-state index contributed by atoms with van der Waals surface area (Å²) in [6, 6.07) is 9.36. The number of rotatable bonds is 9. The van der Waals surface area contributed by atoms with Gasteiger partial charge in [0.05, 0.1) is 6.61 Å². The van der Waals surface area contributed by atoms with Crippen LogP contribution in [-0.2, 0) is 16.0 Å². The standard InChI is InChI=1S/C19H25NO3/c1-15(21)23-13-9-5-3-2-4-6-10-16-14-19(22)17-11-7-8-12-18(17)20-16/h7-8,11-12,14H,2-6,9-10,13H2,1H3,(H,20,22). The molecule has 0 unspecified atom stereocenters. The normalized spacial score (nSPS) is 10.8. The lowest BCUT2D eigenvalue weighted by molar-refractivity contribution is -0.141. The van der Waals surface area contributed by atoms with Crippen LogP contribution in [-0.4, -0.2) is 17.6 Å². The van der Waals surface area contributed by atoms with E-state index < -0.39 is 0 Å². The molecule has 1 heterocycles. The van der Waals surface area contributed by atoms with Crippen LogP contribution in [0.4, 0.5) is 0 Å². The Morgan fingerprint density at radius 2 is 1.74 bits per heavy atom. The molecule has 2 rings (SSSR count). The van der Waals surface area contributed by atoms with Crippen molar-refractivity contribution in [2.24, 2.45) is 0 Å². The molecule has 0 radical (unpaired) electrons. The Morgan fingerprint density at radius 3 is 2.52 bits per heavy atom. The highest BCUT2D eigenvalue weighted by Crippen LogP contribution is 2.11. The van der Waals surface area contributed by atoms with Gasteiger partial charge < -0.3 is 9.72 Å². The largest absolute Gasteiger partial charge is 0.466 e. The summed E-state index contributed by atoms with van der Waals surface area (Å²) in [5, 5.41) is 0.754. The number of unbranched alkanes of at least 4 members (excludes halogenated alkanes) is 5. The number of para-hydroxylation sites is 1. The van der Waals surface area contributed by atoms with Crippen molar-refractivity contribution in [1.82, 2.24) is 4.98 Å². The third-order valence-corrected chi connectivity index (χ3v) is 3.94. The smallest absolute Gasteiger partial charge is 0.302 e. The average Bonchev–Trinajstić information content (AvgIpc) is 2.53. The number of aryl methyl sites for hydroxylation is 1. The maximum absolute atomic E-state index is 12.0. The number of hydrogen-bond acceptors (Lipinski definition) is 3. The van der Waals surface area contributed by atoms with Crippen LogP contribution in [0.5, 0.6) is 0 Å². The van der Waals surface area contributed by atoms with Crippen molar-refractivity contribution in [2.75, 3.05) is 6.61 Å². The predicted molar refractivity (Wildman–Crippen MR) is 92.6 cm³/mol. The molecule has 0 amide bonds. The third kappa shape index (κ3) is 5.89. The lowest BCUT2D eigenvalue weighted by Gasteiger charge is -2.05. The van der Waals surface area contributed by atoms with E-state index in [4.69, 9.17) is 4.74 Å².